The average molecular weight is 916 g/mol. The van der Waals surface area contributed by atoms with Crippen molar-refractivity contribution in [2.24, 2.45) is 0 Å². The summed E-state index contributed by atoms with van der Waals surface area (Å²) in [5.74, 6) is -0.868. The Hall–Kier alpha value is -2.11. The number of esters is 3. The maximum Gasteiger partial charge on any atom is 0.306 e. The van der Waals surface area contributed by atoms with Gasteiger partial charge in [-0.1, -0.05) is 251 Å². The van der Waals surface area contributed by atoms with Gasteiger partial charge in [0.05, 0.1) is 0 Å². The molecule has 0 aliphatic rings. The minimum atomic E-state index is -0.770. The third-order valence-corrected chi connectivity index (χ3v) is 12.9. The molecule has 0 saturated carbocycles. The van der Waals surface area contributed by atoms with Crippen molar-refractivity contribution in [1.82, 2.24) is 0 Å². The molecule has 0 saturated heterocycles. The Morgan fingerprint density at radius 1 is 0.292 bits per heavy atom. The van der Waals surface area contributed by atoms with E-state index in [1.54, 1.807) is 0 Å². The van der Waals surface area contributed by atoms with Crippen molar-refractivity contribution in [2.45, 2.75) is 322 Å². The van der Waals surface area contributed by atoms with Gasteiger partial charge in [0.1, 0.15) is 13.2 Å². The molecule has 0 radical (unpaired) electrons. The molecule has 0 fully saturated rings. The first-order valence-electron chi connectivity index (χ1n) is 28.8. The molecule has 65 heavy (non-hydrogen) atoms. The fourth-order valence-electron chi connectivity index (χ4n) is 8.55. The first-order chi connectivity index (χ1) is 32.0. The monoisotopic (exact) mass is 915 g/mol. The molecule has 6 heteroatoms. The Kier molecular flexibility index (Phi) is 52.7. The number of unbranched alkanes of at least 4 members (excludes halogenated alkanes) is 38. The van der Waals surface area contributed by atoms with Crippen LogP contribution < -0.4 is 0 Å². The van der Waals surface area contributed by atoms with Crippen LogP contribution in [0.4, 0.5) is 0 Å². The molecule has 0 spiro atoms. The smallest absolute Gasteiger partial charge is 0.306 e. The first kappa shape index (κ1) is 62.9. The molecule has 1 unspecified atom stereocenters. The minimum absolute atomic E-state index is 0.0713. The molecule has 0 amide bonds. The highest BCUT2D eigenvalue weighted by Gasteiger charge is 2.19. The molecule has 1 atom stereocenters. The highest BCUT2D eigenvalue weighted by Crippen LogP contribution is 2.16. The van der Waals surface area contributed by atoms with Crippen LogP contribution in [-0.2, 0) is 28.6 Å². The molecule has 0 aromatic carbocycles. The second-order valence-electron chi connectivity index (χ2n) is 19.6. The van der Waals surface area contributed by atoms with E-state index in [1.165, 1.54) is 212 Å². The largest absolute Gasteiger partial charge is 0.462 e. The lowest BCUT2D eigenvalue weighted by atomic mass is 10.0. The Labute approximate surface area is 404 Å². The van der Waals surface area contributed by atoms with Gasteiger partial charge in [-0.3, -0.25) is 14.4 Å². The zero-order valence-electron chi connectivity index (χ0n) is 43.8. The molecule has 0 rings (SSSR count). The third kappa shape index (κ3) is 52.7. The summed E-state index contributed by atoms with van der Waals surface area (Å²) in [6.45, 7) is 6.64. The summed E-state index contributed by atoms with van der Waals surface area (Å²) >= 11 is 0. The lowest BCUT2D eigenvalue weighted by Gasteiger charge is -2.18. The fraction of sp³-hybridized carbons (Fsp3) is 0.881. The van der Waals surface area contributed by atoms with Crippen LogP contribution in [0.25, 0.3) is 0 Å². The van der Waals surface area contributed by atoms with E-state index < -0.39 is 6.10 Å². The topological polar surface area (TPSA) is 78.9 Å². The summed E-state index contributed by atoms with van der Waals surface area (Å²) in [7, 11) is 0. The number of ether oxygens (including phenoxy) is 3. The Bertz CT molecular complexity index is 1050. The van der Waals surface area contributed by atoms with Crippen molar-refractivity contribution in [1.29, 1.82) is 0 Å². The number of carbonyl (C=O) groups excluding carboxylic acids is 3. The van der Waals surface area contributed by atoms with Gasteiger partial charge in [0.15, 0.2) is 6.10 Å². The molecule has 6 nitrogen and oxygen atoms in total. The molecule has 0 aliphatic heterocycles. The van der Waals surface area contributed by atoms with Crippen LogP contribution in [0.2, 0.25) is 0 Å². The summed E-state index contributed by atoms with van der Waals surface area (Å²) in [5.41, 5.74) is 0. The predicted molar refractivity (Wildman–Crippen MR) is 279 cm³/mol. The lowest BCUT2D eigenvalue weighted by Crippen LogP contribution is -2.30. The summed E-state index contributed by atoms with van der Waals surface area (Å²) in [6.07, 6.45) is 63.3. The van der Waals surface area contributed by atoms with E-state index in [2.05, 4.69) is 45.1 Å². The molecular weight excluding hydrogens is 805 g/mol. The van der Waals surface area contributed by atoms with Crippen molar-refractivity contribution >= 4 is 17.9 Å². The van der Waals surface area contributed by atoms with E-state index in [0.717, 1.165) is 64.2 Å². The van der Waals surface area contributed by atoms with Crippen LogP contribution in [0.5, 0.6) is 0 Å². The fourth-order valence-corrected chi connectivity index (χ4v) is 8.55. The van der Waals surface area contributed by atoms with Crippen LogP contribution >= 0.6 is 0 Å². The normalized spacial score (nSPS) is 12.1. The lowest BCUT2D eigenvalue weighted by molar-refractivity contribution is -0.167. The third-order valence-electron chi connectivity index (χ3n) is 12.9. The van der Waals surface area contributed by atoms with Crippen molar-refractivity contribution in [3.8, 4) is 0 Å². The summed E-state index contributed by atoms with van der Waals surface area (Å²) in [5, 5.41) is 0. The Morgan fingerprint density at radius 3 is 0.769 bits per heavy atom. The van der Waals surface area contributed by atoms with Gasteiger partial charge in [0.25, 0.3) is 0 Å². The van der Waals surface area contributed by atoms with Gasteiger partial charge in [-0.2, -0.15) is 0 Å². The second kappa shape index (κ2) is 54.5. The van der Waals surface area contributed by atoms with Gasteiger partial charge in [-0.05, 0) is 70.6 Å². The molecule has 382 valence electrons. The van der Waals surface area contributed by atoms with Crippen molar-refractivity contribution in [2.75, 3.05) is 13.2 Å². The van der Waals surface area contributed by atoms with Gasteiger partial charge in [-0.15, -0.1) is 0 Å². The SMILES string of the molecule is CCCCCCCCC/C=C\CCCCCCCC(=O)OC(COC(=O)CCCCCCCCCC)COC(=O)CCCCCCCCCCCCC/C=C\CCCCCCCCCC. The molecule has 0 aromatic heterocycles. The van der Waals surface area contributed by atoms with Gasteiger partial charge < -0.3 is 14.2 Å². The van der Waals surface area contributed by atoms with Crippen LogP contribution in [0.1, 0.15) is 316 Å². The molecule has 0 aromatic rings. The minimum Gasteiger partial charge on any atom is -0.462 e. The van der Waals surface area contributed by atoms with Crippen LogP contribution in [0.3, 0.4) is 0 Å². The maximum atomic E-state index is 12.8. The van der Waals surface area contributed by atoms with Crippen molar-refractivity contribution in [3.05, 3.63) is 24.3 Å². The van der Waals surface area contributed by atoms with E-state index in [-0.39, 0.29) is 31.1 Å². The van der Waals surface area contributed by atoms with E-state index in [1.807, 2.05) is 0 Å². The first-order valence-corrected chi connectivity index (χ1v) is 28.8. The van der Waals surface area contributed by atoms with E-state index >= 15 is 0 Å². The maximum absolute atomic E-state index is 12.8. The standard InChI is InChI=1S/C59H110O6/c1-4-7-10-13-16-19-21-23-25-27-28-29-30-31-32-33-35-36-38-40-43-46-49-52-58(61)64-55-56(54-63-57(60)51-48-45-42-18-15-12-9-6-3)65-59(62)53-50-47-44-41-39-37-34-26-24-22-20-17-14-11-8-5-2/h26-28,34,56H,4-25,29-33,35-55H2,1-3H3/b28-27-,34-26-. The van der Waals surface area contributed by atoms with E-state index in [4.69, 9.17) is 14.2 Å². The molecule has 0 bridgehead atoms. The summed E-state index contributed by atoms with van der Waals surface area (Å²) < 4.78 is 16.8. The molecule has 0 N–H and O–H groups in total. The number of hydrogen-bond acceptors (Lipinski definition) is 6. The van der Waals surface area contributed by atoms with Crippen molar-refractivity contribution < 1.29 is 28.6 Å². The van der Waals surface area contributed by atoms with Crippen LogP contribution in [0, 0.1) is 0 Å². The zero-order chi connectivity index (χ0) is 47.2. The van der Waals surface area contributed by atoms with E-state index in [9.17, 15) is 14.4 Å². The second-order valence-corrected chi connectivity index (χ2v) is 19.6. The molecule has 0 heterocycles. The number of hydrogen-bond donors (Lipinski definition) is 0. The number of rotatable bonds is 53. The van der Waals surface area contributed by atoms with Crippen LogP contribution in [0.15, 0.2) is 24.3 Å². The van der Waals surface area contributed by atoms with Gasteiger partial charge >= 0.3 is 17.9 Å². The molecule has 0 aliphatic carbocycles. The summed E-state index contributed by atoms with van der Waals surface area (Å²) in [6, 6.07) is 0. The number of carbonyl (C=O) groups is 3. The van der Waals surface area contributed by atoms with Gasteiger partial charge in [0, 0.05) is 19.3 Å². The highest BCUT2D eigenvalue weighted by molar-refractivity contribution is 5.71. The Morgan fingerprint density at radius 2 is 0.508 bits per heavy atom. The Balaban J connectivity index is 4.17. The number of allylic oxidation sites excluding steroid dienone is 4. The average Bonchev–Trinajstić information content (AvgIpc) is 3.30. The van der Waals surface area contributed by atoms with Crippen LogP contribution in [-0.4, -0.2) is 37.2 Å². The van der Waals surface area contributed by atoms with Gasteiger partial charge in [0.2, 0.25) is 0 Å². The zero-order valence-corrected chi connectivity index (χ0v) is 43.8. The van der Waals surface area contributed by atoms with Gasteiger partial charge in [-0.25, -0.2) is 0 Å². The highest BCUT2D eigenvalue weighted by atomic mass is 16.6. The quantitative estimate of drug-likeness (QED) is 0.0262. The van der Waals surface area contributed by atoms with Crippen molar-refractivity contribution in [3.63, 3.8) is 0 Å². The van der Waals surface area contributed by atoms with E-state index in [0.29, 0.717) is 19.3 Å². The predicted octanol–water partition coefficient (Wildman–Crippen LogP) is 19.1. The summed E-state index contributed by atoms with van der Waals surface area (Å²) in [4.78, 5) is 38.0. The molecular formula is C59H110O6.